The number of carbonyl (C=O) groups excluding carboxylic acids is 2. The molecular weight excluding hydrogens is 474 g/mol. The third-order valence-electron chi connectivity index (χ3n) is 5.61. The van der Waals surface area contributed by atoms with Gasteiger partial charge in [0.2, 0.25) is 15.9 Å². The van der Waals surface area contributed by atoms with E-state index < -0.39 is 21.8 Å². The Bertz CT molecular complexity index is 1320. The molecule has 12 nitrogen and oxygen atoms in total. The molecule has 2 aromatic heterocycles. The van der Waals surface area contributed by atoms with Crippen LogP contribution in [0, 0.1) is 0 Å². The number of hydrazine groups is 1. The SMILES string of the molecule is CCc1c(C(=O)NNC(=O)c2ccc(S(=O)(=O)N3CCCC3)cc2)cnn1-c1ccc(OC)nn1. The van der Waals surface area contributed by atoms with E-state index in [-0.39, 0.29) is 16.0 Å². The van der Waals surface area contributed by atoms with Crippen LogP contribution in [-0.2, 0) is 16.4 Å². The number of benzene rings is 1. The van der Waals surface area contributed by atoms with Gasteiger partial charge in [-0.2, -0.15) is 9.40 Å². The van der Waals surface area contributed by atoms with Crippen molar-refractivity contribution < 1.29 is 22.7 Å². The summed E-state index contributed by atoms with van der Waals surface area (Å²) in [5, 5.41) is 12.2. The molecule has 0 spiro atoms. The molecule has 13 heteroatoms. The first kappa shape index (κ1) is 24.3. The Hall–Kier alpha value is -3.84. The van der Waals surface area contributed by atoms with E-state index in [4.69, 9.17) is 4.74 Å². The fourth-order valence-corrected chi connectivity index (χ4v) is 5.26. The molecule has 1 aliphatic rings. The maximum atomic E-state index is 12.7. The molecule has 0 saturated carbocycles. The van der Waals surface area contributed by atoms with E-state index in [0.29, 0.717) is 36.9 Å². The first-order valence-electron chi connectivity index (χ1n) is 11.0. The normalized spacial score (nSPS) is 14.0. The molecule has 35 heavy (non-hydrogen) atoms. The quantitative estimate of drug-likeness (QED) is 0.459. The van der Waals surface area contributed by atoms with Crippen LogP contribution in [0.5, 0.6) is 5.88 Å². The summed E-state index contributed by atoms with van der Waals surface area (Å²) < 4.78 is 33.2. The van der Waals surface area contributed by atoms with Crippen LogP contribution >= 0.6 is 0 Å². The van der Waals surface area contributed by atoms with E-state index in [1.807, 2.05) is 6.92 Å². The van der Waals surface area contributed by atoms with Gasteiger partial charge in [-0.15, -0.1) is 10.2 Å². The number of methoxy groups -OCH3 is 1. The molecule has 2 amide bonds. The van der Waals surface area contributed by atoms with Crippen LogP contribution < -0.4 is 15.6 Å². The first-order chi connectivity index (χ1) is 16.8. The number of amides is 2. The minimum Gasteiger partial charge on any atom is -0.480 e. The Morgan fingerprint density at radius 2 is 1.69 bits per heavy atom. The maximum Gasteiger partial charge on any atom is 0.273 e. The Morgan fingerprint density at radius 3 is 2.29 bits per heavy atom. The van der Waals surface area contributed by atoms with Crippen LogP contribution in [0.3, 0.4) is 0 Å². The topological polar surface area (TPSA) is 148 Å². The Morgan fingerprint density at radius 1 is 1.00 bits per heavy atom. The minimum absolute atomic E-state index is 0.126. The summed E-state index contributed by atoms with van der Waals surface area (Å²) in [6.45, 7) is 2.85. The van der Waals surface area contributed by atoms with Crippen molar-refractivity contribution in [1.29, 1.82) is 0 Å². The molecule has 0 bridgehead atoms. The Balaban J connectivity index is 1.42. The molecule has 184 valence electrons. The molecule has 2 N–H and O–H groups in total. The number of hydrogen-bond donors (Lipinski definition) is 2. The second-order valence-electron chi connectivity index (χ2n) is 7.75. The zero-order valence-corrected chi connectivity index (χ0v) is 20.1. The summed E-state index contributed by atoms with van der Waals surface area (Å²) in [5.41, 5.74) is 5.75. The number of aromatic nitrogens is 4. The molecule has 0 atom stereocenters. The van der Waals surface area contributed by atoms with Crippen molar-refractivity contribution in [3.05, 3.63) is 59.4 Å². The Kier molecular flexibility index (Phi) is 7.07. The second-order valence-corrected chi connectivity index (χ2v) is 9.69. The van der Waals surface area contributed by atoms with Gasteiger partial charge in [-0.3, -0.25) is 20.4 Å². The number of nitrogens with zero attached hydrogens (tertiary/aromatic N) is 5. The molecule has 1 aliphatic heterocycles. The fraction of sp³-hybridized carbons (Fsp3) is 0.318. The van der Waals surface area contributed by atoms with Crippen LogP contribution in [0.15, 0.2) is 47.5 Å². The lowest BCUT2D eigenvalue weighted by atomic mass is 10.2. The predicted molar refractivity (Wildman–Crippen MR) is 124 cm³/mol. The average Bonchev–Trinajstić information content (AvgIpc) is 3.58. The van der Waals surface area contributed by atoms with Crippen LogP contribution in [0.4, 0.5) is 0 Å². The number of carbonyl (C=O) groups is 2. The van der Waals surface area contributed by atoms with Gasteiger partial charge in [0, 0.05) is 24.7 Å². The highest BCUT2D eigenvalue weighted by Crippen LogP contribution is 2.21. The third kappa shape index (κ3) is 5.00. The molecule has 1 saturated heterocycles. The second kappa shape index (κ2) is 10.2. The van der Waals surface area contributed by atoms with Gasteiger partial charge in [0.05, 0.1) is 29.5 Å². The van der Waals surface area contributed by atoms with E-state index in [1.54, 1.807) is 12.1 Å². The van der Waals surface area contributed by atoms with Crippen LogP contribution in [0.1, 0.15) is 46.2 Å². The monoisotopic (exact) mass is 499 g/mol. The average molecular weight is 500 g/mol. The molecule has 3 heterocycles. The van der Waals surface area contributed by atoms with Crippen molar-refractivity contribution in [2.24, 2.45) is 0 Å². The summed E-state index contributed by atoms with van der Waals surface area (Å²) >= 11 is 0. The lowest BCUT2D eigenvalue weighted by Gasteiger charge is -2.15. The molecule has 1 fully saturated rings. The summed E-state index contributed by atoms with van der Waals surface area (Å²) in [5.74, 6) is -0.387. The van der Waals surface area contributed by atoms with Gasteiger partial charge in [-0.1, -0.05) is 6.92 Å². The van der Waals surface area contributed by atoms with E-state index in [2.05, 4.69) is 26.1 Å². The van der Waals surface area contributed by atoms with Gasteiger partial charge in [0.1, 0.15) is 0 Å². The standard InChI is InChI=1S/C22H25N7O5S/c1-3-18-17(14-23-29(18)19-10-11-20(34-2)25-24-19)22(31)27-26-21(30)15-6-8-16(9-7-15)35(32,33)28-12-4-5-13-28/h6-11,14H,3-5,12-13H2,1-2H3,(H,26,30)(H,27,31). The van der Waals surface area contributed by atoms with Crippen molar-refractivity contribution in [2.45, 2.75) is 31.1 Å². The van der Waals surface area contributed by atoms with Crippen LogP contribution in [-0.4, -0.2) is 64.7 Å². The zero-order chi connectivity index (χ0) is 25.0. The molecule has 0 aliphatic carbocycles. The summed E-state index contributed by atoms with van der Waals surface area (Å²) in [7, 11) is -2.09. The first-order valence-corrected chi connectivity index (χ1v) is 12.4. The lowest BCUT2D eigenvalue weighted by molar-refractivity contribution is 0.0846. The number of ether oxygens (including phenoxy) is 1. The smallest absolute Gasteiger partial charge is 0.273 e. The van der Waals surface area contributed by atoms with E-state index in [1.165, 1.54) is 46.6 Å². The van der Waals surface area contributed by atoms with Crippen molar-refractivity contribution in [3.63, 3.8) is 0 Å². The highest BCUT2D eigenvalue weighted by molar-refractivity contribution is 7.89. The van der Waals surface area contributed by atoms with Gasteiger partial charge in [0.15, 0.2) is 5.82 Å². The maximum absolute atomic E-state index is 12.7. The lowest BCUT2D eigenvalue weighted by Crippen LogP contribution is -2.41. The van der Waals surface area contributed by atoms with Gasteiger partial charge >= 0.3 is 0 Å². The molecule has 4 rings (SSSR count). The van der Waals surface area contributed by atoms with Gasteiger partial charge in [-0.05, 0) is 49.6 Å². The number of hydrogen-bond acceptors (Lipinski definition) is 8. The highest BCUT2D eigenvalue weighted by atomic mass is 32.2. The highest BCUT2D eigenvalue weighted by Gasteiger charge is 2.27. The van der Waals surface area contributed by atoms with Crippen molar-refractivity contribution >= 4 is 21.8 Å². The fourth-order valence-electron chi connectivity index (χ4n) is 3.74. The van der Waals surface area contributed by atoms with Crippen molar-refractivity contribution in [2.75, 3.05) is 20.2 Å². The molecule has 0 radical (unpaired) electrons. The van der Waals surface area contributed by atoms with Gasteiger partial charge in [-0.25, -0.2) is 13.1 Å². The largest absolute Gasteiger partial charge is 0.480 e. The Labute approximate surface area is 202 Å². The molecular formula is C22H25N7O5S. The number of sulfonamides is 1. The molecule has 3 aromatic rings. The van der Waals surface area contributed by atoms with Crippen LogP contribution in [0.2, 0.25) is 0 Å². The summed E-state index contributed by atoms with van der Waals surface area (Å²) in [6, 6.07) is 8.88. The van der Waals surface area contributed by atoms with Crippen LogP contribution in [0.25, 0.3) is 5.82 Å². The van der Waals surface area contributed by atoms with Crippen molar-refractivity contribution in [1.82, 2.24) is 35.1 Å². The number of rotatable bonds is 7. The zero-order valence-electron chi connectivity index (χ0n) is 19.3. The van der Waals surface area contributed by atoms with E-state index in [0.717, 1.165) is 12.8 Å². The molecule has 1 aromatic carbocycles. The van der Waals surface area contributed by atoms with E-state index in [9.17, 15) is 18.0 Å². The summed E-state index contributed by atoms with van der Waals surface area (Å²) in [6.07, 6.45) is 3.53. The molecule has 0 unspecified atom stereocenters. The summed E-state index contributed by atoms with van der Waals surface area (Å²) in [4.78, 5) is 25.3. The van der Waals surface area contributed by atoms with E-state index >= 15 is 0 Å². The predicted octanol–water partition coefficient (Wildman–Crippen LogP) is 1.09. The number of nitrogens with one attached hydrogen (secondary N) is 2. The van der Waals surface area contributed by atoms with Gasteiger partial charge in [0.25, 0.3) is 11.8 Å². The van der Waals surface area contributed by atoms with Crippen molar-refractivity contribution in [3.8, 4) is 11.7 Å². The van der Waals surface area contributed by atoms with Gasteiger partial charge < -0.3 is 4.74 Å². The minimum atomic E-state index is -3.57. The third-order valence-corrected chi connectivity index (χ3v) is 7.52.